The van der Waals surface area contributed by atoms with E-state index in [4.69, 9.17) is 0 Å². The van der Waals surface area contributed by atoms with Crippen molar-refractivity contribution in [2.24, 2.45) is 5.92 Å². The van der Waals surface area contributed by atoms with Gasteiger partial charge in [-0.1, -0.05) is 25.1 Å². The predicted octanol–water partition coefficient (Wildman–Crippen LogP) is 2.65. The SMILES string of the molecule is CCCNC(c1ccc2c(c1)CCC2)C1CCS(=O)(=O)C1. The Balaban J connectivity index is 1.85. The van der Waals surface area contributed by atoms with Crippen molar-refractivity contribution >= 4 is 9.84 Å². The Morgan fingerprint density at radius 3 is 2.81 bits per heavy atom. The zero-order chi connectivity index (χ0) is 14.9. The standard InChI is InChI=1S/C17H25NO2S/c1-2-9-18-17(16-8-10-21(19,20)12-16)15-7-6-13-4-3-5-14(13)11-15/h6-7,11,16-18H,2-5,8-10,12H2,1H3. The summed E-state index contributed by atoms with van der Waals surface area (Å²) in [6, 6.07) is 6.97. The molecule has 1 aliphatic carbocycles. The highest BCUT2D eigenvalue weighted by atomic mass is 32.2. The minimum atomic E-state index is -2.83. The van der Waals surface area contributed by atoms with Crippen LogP contribution in [-0.4, -0.2) is 26.5 Å². The van der Waals surface area contributed by atoms with Crippen molar-refractivity contribution in [3.8, 4) is 0 Å². The summed E-state index contributed by atoms with van der Waals surface area (Å²) in [5.41, 5.74) is 4.23. The molecule has 0 amide bonds. The van der Waals surface area contributed by atoms with Crippen LogP contribution in [0.3, 0.4) is 0 Å². The third-order valence-electron chi connectivity index (χ3n) is 4.83. The molecule has 1 saturated heterocycles. The van der Waals surface area contributed by atoms with E-state index in [1.54, 1.807) is 0 Å². The first kappa shape index (κ1) is 15.0. The van der Waals surface area contributed by atoms with Crippen LogP contribution in [0.5, 0.6) is 0 Å². The number of hydrogen-bond acceptors (Lipinski definition) is 3. The Kier molecular flexibility index (Phi) is 4.36. The summed E-state index contributed by atoms with van der Waals surface area (Å²) in [6.07, 6.45) is 5.48. The lowest BCUT2D eigenvalue weighted by molar-refractivity contribution is 0.392. The highest BCUT2D eigenvalue weighted by molar-refractivity contribution is 7.91. The van der Waals surface area contributed by atoms with E-state index in [0.717, 1.165) is 19.4 Å². The summed E-state index contributed by atoms with van der Waals surface area (Å²) in [5.74, 6) is 0.916. The topological polar surface area (TPSA) is 46.2 Å². The Bertz CT molecular complexity index is 609. The molecule has 2 unspecified atom stereocenters. The molecule has 0 spiro atoms. The summed E-state index contributed by atoms with van der Waals surface area (Å²) in [7, 11) is -2.83. The number of hydrogen-bond donors (Lipinski definition) is 1. The molecule has 3 rings (SSSR count). The van der Waals surface area contributed by atoms with Gasteiger partial charge in [0.15, 0.2) is 9.84 Å². The van der Waals surface area contributed by atoms with Gasteiger partial charge in [-0.15, -0.1) is 0 Å². The van der Waals surface area contributed by atoms with E-state index in [1.807, 2.05) is 0 Å². The lowest BCUT2D eigenvalue weighted by atomic mass is 9.90. The maximum Gasteiger partial charge on any atom is 0.150 e. The average molecular weight is 307 g/mol. The smallest absolute Gasteiger partial charge is 0.150 e. The molecular formula is C17H25NO2S. The van der Waals surface area contributed by atoms with E-state index in [2.05, 4.69) is 30.4 Å². The second kappa shape index (κ2) is 6.09. The van der Waals surface area contributed by atoms with Gasteiger partial charge in [0.25, 0.3) is 0 Å². The number of rotatable bonds is 5. The largest absolute Gasteiger partial charge is 0.310 e. The molecule has 2 atom stereocenters. The van der Waals surface area contributed by atoms with E-state index in [9.17, 15) is 8.42 Å². The Hall–Kier alpha value is -0.870. The van der Waals surface area contributed by atoms with Crippen LogP contribution in [-0.2, 0) is 22.7 Å². The second-order valence-corrected chi connectivity index (χ2v) is 8.71. The number of benzene rings is 1. The van der Waals surface area contributed by atoms with Crippen LogP contribution in [0.1, 0.15) is 48.9 Å². The van der Waals surface area contributed by atoms with Gasteiger partial charge in [0.05, 0.1) is 11.5 Å². The molecule has 0 bridgehead atoms. The molecule has 116 valence electrons. The van der Waals surface area contributed by atoms with Crippen LogP contribution in [0.15, 0.2) is 18.2 Å². The molecule has 4 heteroatoms. The fourth-order valence-corrected chi connectivity index (χ4v) is 5.57. The summed E-state index contributed by atoms with van der Waals surface area (Å²) >= 11 is 0. The van der Waals surface area contributed by atoms with Crippen molar-refractivity contribution in [2.75, 3.05) is 18.1 Å². The van der Waals surface area contributed by atoms with Gasteiger partial charge in [-0.25, -0.2) is 8.42 Å². The molecule has 0 aromatic heterocycles. The first-order valence-corrected chi connectivity index (χ1v) is 9.97. The Morgan fingerprint density at radius 1 is 1.29 bits per heavy atom. The molecule has 21 heavy (non-hydrogen) atoms. The van der Waals surface area contributed by atoms with Gasteiger partial charge in [0.1, 0.15) is 0 Å². The van der Waals surface area contributed by atoms with Crippen LogP contribution >= 0.6 is 0 Å². The van der Waals surface area contributed by atoms with Crippen molar-refractivity contribution in [3.05, 3.63) is 34.9 Å². The fourth-order valence-electron chi connectivity index (χ4n) is 3.73. The maximum absolute atomic E-state index is 11.8. The number of sulfone groups is 1. The summed E-state index contributed by atoms with van der Waals surface area (Å²) in [5, 5.41) is 3.59. The lowest BCUT2D eigenvalue weighted by Crippen LogP contribution is -2.30. The minimum Gasteiger partial charge on any atom is -0.310 e. The molecule has 1 aromatic carbocycles. The fraction of sp³-hybridized carbons (Fsp3) is 0.647. The number of nitrogens with one attached hydrogen (secondary N) is 1. The highest BCUT2D eigenvalue weighted by Gasteiger charge is 2.34. The second-order valence-electron chi connectivity index (χ2n) is 6.48. The summed E-state index contributed by atoms with van der Waals surface area (Å²) in [4.78, 5) is 0. The van der Waals surface area contributed by atoms with Crippen molar-refractivity contribution < 1.29 is 8.42 Å². The van der Waals surface area contributed by atoms with Crippen LogP contribution in [0.25, 0.3) is 0 Å². The van der Waals surface area contributed by atoms with E-state index in [1.165, 1.54) is 36.0 Å². The summed E-state index contributed by atoms with van der Waals surface area (Å²) in [6.45, 7) is 3.09. The summed E-state index contributed by atoms with van der Waals surface area (Å²) < 4.78 is 23.6. The Morgan fingerprint density at radius 2 is 2.10 bits per heavy atom. The molecule has 0 radical (unpaired) electrons. The van der Waals surface area contributed by atoms with E-state index in [-0.39, 0.29) is 12.0 Å². The van der Waals surface area contributed by atoms with Gasteiger partial charge < -0.3 is 5.32 Å². The molecule has 1 aromatic rings. The van der Waals surface area contributed by atoms with E-state index >= 15 is 0 Å². The maximum atomic E-state index is 11.8. The molecule has 1 heterocycles. The van der Waals surface area contributed by atoms with Crippen molar-refractivity contribution in [1.82, 2.24) is 5.32 Å². The van der Waals surface area contributed by atoms with E-state index < -0.39 is 9.84 Å². The van der Waals surface area contributed by atoms with Crippen molar-refractivity contribution in [1.29, 1.82) is 0 Å². The monoisotopic (exact) mass is 307 g/mol. The normalized spacial score (nSPS) is 24.9. The first-order chi connectivity index (χ1) is 10.1. The van der Waals surface area contributed by atoms with Gasteiger partial charge in [-0.3, -0.25) is 0 Å². The van der Waals surface area contributed by atoms with Gasteiger partial charge in [0, 0.05) is 6.04 Å². The molecule has 1 fully saturated rings. The molecular weight excluding hydrogens is 282 g/mol. The average Bonchev–Trinajstić information content (AvgIpc) is 3.05. The third kappa shape index (κ3) is 3.32. The Labute approximate surface area is 128 Å². The lowest BCUT2D eigenvalue weighted by Gasteiger charge is -2.25. The number of fused-ring (bicyclic) bond motifs is 1. The zero-order valence-electron chi connectivity index (χ0n) is 12.8. The van der Waals surface area contributed by atoms with Crippen molar-refractivity contribution in [2.45, 2.75) is 45.1 Å². The zero-order valence-corrected chi connectivity index (χ0v) is 13.6. The van der Waals surface area contributed by atoms with Crippen LogP contribution < -0.4 is 5.32 Å². The molecule has 3 nitrogen and oxygen atoms in total. The first-order valence-electron chi connectivity index (χ1n) is 8.14. The minimum absolute atomic E-state index is 0.188. The number of aryl methyl sites for hydroxylation is 2. The molecule has 1 aliphatic heterocycles. The van der Waals surface area contributed by atoms with Crippen LogP contribution in [0, 0.1) is 5.92 Å². The third-order valence-corrected chi connectivity index (χ3v) is 6.63. The highest BCUT2D eigenvalue weighted by Crippen LogP contribution is 2.33. The molecule has 1 N–H and O–H groups in total. The van der Waals surface area contributed by atoms with Crippen LogP contribution in [0.4, 0.5) is 0 Å². The quantitative estimate of drug-likeness (QED) is 0.909. The van der Waals surface area contributed by atoms with Crippen molar-refractivity contribution in [3.63, 3.8) is 0 Å². The van der Waals surface area contributed by atoms with Gasteiger partial charge in [-0.05, 0) is 61.3 Å². The predicted molar refractivity (Wildman–Crippen MR) is 86.3 cm³/mol. The van der Waals surface area contributed by atoms with Gasteiger partial charge in [0.2, 0.25) is 0 Å². The van der Waals surface area contributed by atoms with Gasteiger partial charge >= 0.3 is 0 Å². The van der Waals surface area contributed by atoms with E-state index in [0.29, 0.717) is 11.5 Å². The molecule has 2 aliphatic rings. The van der Waals surface area contributed by atoms with Gasteiger partial charge in [-0.2, -0.15) is 0 Å². The molecule has 0 saturated carbocycles. The van der Waals surface area contributed by atoms with Crippen LogP contribution in [0.2, 0.25) is 0 Å².